The van der Waals surface area contributed by atoms with Crippen LogP contribution in [0.3, 0.4) is 0 Å². The number of hydrogen-bond donors (Lipinski definition) is 6. The van der Waals surface area contributed by atoms with E-state index in [0.29, 0.717) is 12.8 Å². The first-order chi connectivity index (χ1) is 40.5. The summed E-state index contributed by atoms with van der Waals surface area (Å²) in [6, 6.07) is -0.855. The first-order valence-electron chi connectivity index (χ1n) is 36.4. The summed E-state index contributed by atoms with van der Waals surface area (Å²) in [4.78, 5) is 13.2. The number of aliphatic hydroxyl groups excluding tert-OH is 4. The van der Waals surface area contributed by atoms with Crippen molar-refractivity contribution in [2.24, 2.45) is 0 Å². The first-order valence-corrected chi connectivity index (χ1v) is 37.8. The Bertz CT molecular complexity index is 1460. The molecule has 0 aromatic carbocycles. The topological polar surface area (TPSA) is 192 Å². The molecule has 0 aliphatic carbocycles. The SMILES string of the molecule is CCCCCCCCCCCCCCCCCCCCCCCCCCCCCCCCCC(=O)NC(COC1OC(CO)C(O)C(OS(=O)(=O)O)C1O)C(O)CCCCCCCCCCCCCCCCCCCCCCCCCCC. The largest absolute Gasteiger partial charge is 0.397 e. The molecule has 7 unspecified atom stereocenters. The van der Waals surface area contributed by atoms with Crippen LogP contribution in [0.4, 0.5) is 0 Å². The molecule has 1 heterocycles. The Morgan fingerprint density at radius 3 is 0.964 bits per heavy atom. The highest BCUT2D eigenvalue weighted by molar-refractivity contribution is 7.80. The molecule has 6 N–H and O–H groups in total. The molecule has 1 amide bonds. The van der Waals surface area contributed by atoms with Gasteiger partial charge in [0.2, 0.25) is 5.91 Å². The van der Waals surface area contributed by atoms with E-state index in [1.54, 1.807) is 0 Å². The molecule has 0 bridgehead atoms. The fourth-order valence-corrected chi connectivity index (χ4v) is 12.9. The van der Waals surface area contributed by atoms with Gasteiger partial charge in [0.25, 0.3) is 0 Å². The maximum Gasteiger partial charge on any atom is 0.397 e. The van der Waals surface area contributed by atoms with Crippen molar-refractivity contribution in [1.82, 2.24) is 5.32 Å². The number of amides is 1. The molecule has 0 aromatic heterocycles. The molecule has 7 atom stereocenters. The van der Waals surface area contributed by atoms with E-state index in [1.807, 2.05) is 0 Å². The summed E-state index contributed by atoms with van der Waals surface area (Å²) in [6.45, 7) is 3.54. The van der Waals surface area contributed by atoms with Crippen molar-refractivity contribution in [2.45, 2.75) is 429 Å². The average molecular weight is 1200 g/mol. The maximum absolute atomic E-state index is 13.2. The fraction of sp³-hybridized carbons (Fsp3) is 0.986. The highest BCUT2D eigenvalue weighted by atomic mass is 32.3. The molecular formula is C70H139NO11S. The van der Waals surface area contributed by atoms with Crippen molar-refractivity contribution in [3.63, 3.8) is 0 Å². The Kier molecular flexibility index (Phi) is 57.9. The number of carbonyl (C=O) groups is 1. The lowest BCUT2D eigenvalue weighted by Gasteiger charge is -2.41. The molecule has 0 radical (unpaired) electrons. The number of unbranched alkanes of at least 4 members (excludes halogenated alkanes) is 54. The molecule has 1 rings (SSSR count). The minimum absolute atomic E-state index is 0.218. The number of aliphatic hydroxyl groups is 4. The number of nitrogens with one attached hydrogen (secondary N) is 1. The lowest BCUT2D eigenvalue weighted by molar-refractivity contribution is -0.298. The molecule has 1 saturated heterocycles. The van der Waals surface area contributed by atoms with Gasteiger partial charge in [-0.05, 0) is 12.8 Å². The van der Waals surface area contributed by atoms with Crippen molar-refractivity contribution in [1.29, 1.82) is 0 Å². The molecule has 12 nitrogen and oxygen atoms in total. The molecular weight excluding hydrogens is 1060 g/mol. The van der Waals surface area contributed by atoms with Gasteiger partial charge >= 0.3 is 10.4 Å². The van der Waals surface area contributed by atoms with Gasteiger partial charge in [0.15, 0.2) is 6.29 Å². The van der Waals surface area contributed by atoms with Crippen LogP contribution in [0, 0.1) is 0 Å². The summed E-state index contributed by atoms with van der Waals surface area (Å²) in [5.74, 6) is -0.218. The zero-order valence-corrected chi connectivity index (χ0v) is 55.4. The highest BCUT2D eigenvalue weighted by Crippen LogP contribution is 2.27. The van der Waals surface area contributed by atoms with E-state index >= 15 is 0 Å². The van der Waals surface area contributed by atoms with E-state index in [2.05, 4.69) is 23.3 Å². The third kappa shape index (κ3) is 51.7. The van der Waals surface area contributed by atoms with Crippen LogP contribution in [0.25, 0.3) is 0 Å². The molecule has 13 heteroatoms. The molecule has 1 aliphatic rings. The standard InChI is InChI=1S/C70H139NO11S/c1-3-5-7-9-11-13-15-17-19-21-23-25-27-29-30-31-32-33-34-36-38-40-42-44-46-48-50-52-54-56-58-60-66(74)71-63(62-80-70-68(76)69(82-83(77,78)79)67(75)65(61-72)81-70)64(73)59-57-55-53-51-49-47-45-43-41-39-37-35-28-26-24-22-20-18-16-14-12-10-8-6-4-2/h63-65,67-70,72-73,75-76H,3-62H2,1-2H3,(H,71,74)(H,77,78,79). The van der Waals surface area contributed by atoms with E-state index < -0.39 is 59.9 Å². The van der Waals surface area contributed by atoms with Crippen LogP contribution < -0.4 is 5.32 Å². The molecule has 496 valence electrons. The second-order valence-electron chi connectivity index (χ2n) is 25.9. The van der Waals surface area contributed by atoms with E-state index in [0.717, 1.165) is 51.4 Å². The Morgan fingerprint density at radius 1 is 0.434 bits per heavy atom. The van der Waals surface area contributed by atoms with Gasteiger partial charge in [0.1, 0.15) is 24.4 Å². The zero-order chi connectivity index (χ0) is 60.4. The predicted octanol–water partition coefficient (Wildman–Crippen LogP) is 19.1. The number of hydrogen-bond acceptors (Lipinski definition) is 10. The van der Waals surface area contributed by atoms with Crippen molar-refractivity contribution in [3.8, 4) is 0 Å². The second kappa shape index (κ2) is 60.0. The lowest BCUT2D eigenvalue weighted by Crippen LogP contribution is -2.61. The molecule has 0 saturated carbocycles. The quantitative estimate of drug-likeness (QED) is 0.0251. The summed E-state index contributed by atoms with van der Waals surface area (Å²) in [5, 5.41) is 45.4. The van der Waals surface area contributed by atoms with Crippen molar-refractivity contribution >= 4 is 16.3 Å². The maximum atomic E-state index is 13.2. The summed E-state index contributed by atoms with van der Waals surface area (Å²) >= 11 is 0. The van der Waals surface area contributed by atoms with Crippen LogP contribution in [0.1, 0.15) is 386 Å². The Hall–Kier alpha value is -0.900. The number of rotatable bonds is 66. The third-order valence-electron chi connectivity index (χ3n) is 17.9. The summed E-state index contributed by atoms with van der Waals surface area (Å²) in [5.41, 5.74) is 0. The van der Waals surface area contributed by atoms with E-state index in [1.165, 1.54) is 308 Å². The van der Waals surface area contributed by atoms with Crippen LogP contribution >= 0.6 is 0 Å². The first kappa shape index (κ1) is 80.1. The van der Waals surface area contributed by atoms with E-state index in [4.69, 9.17) is 9.47 Å². The molecule has 1 fully saturated rings. The summed E-state index contributed by atoms with van der Waals surface area (Å²) in [7, 11) is -5.08. The Balaban J connectivity index is 2.20. The minimum atomic E-state index is -5.08. The van der Waals surface area contributed by atoms with E-state index in [9.17, 15) is 38.2 Å². The van der Waals surface area contributed by atoms with Gasteiger partial charge < -0.3 is 35.2 Å². The third-order valence-corrected chi connectivity index (χ3v) is 18.4. The average Bonchev–Trinajstić information content (AvgIpc) is 3.60. The monoisotopic (exact) mass is 1200 g/mol. The number of ether oxygens (including phenoxy) is 2. The van der Waals surface area contributed by atoms with Crippen molar-refractivity contribution < 1.29 is 51.8 Å². The van der Waals surface area contributed by atoms with Crippen LogP contribution in [0.5, 0.6) is 0 Å². The highest BCUT2D eigenvalue weighted by Gasteiger charge is 2.48. The van der Waals surface area contributed by atoms with Gasteiger partial charge in [-0.25, -0.2) is 4.18 Å². The van der Waals surface area contributed by atoms with Crippen LogP contribution in [-0.2, 0) is 28.9 Å². The van der Waals surface area contributed by atoms with Gasteiger partial charge in [-0.1, -0.05) is 367 Å². The Morgan fingerprint density at radius 2 is 0.699 bits per heavy atom. The molecule has 0 spiro atoms. The molecule has 1 aliphatic heterocycles. The van der Waals surface area contributed by atoms with E-state index in [-0.39, 0.29) is 12.5 Å². The second-order valence-corrected chi connectivity index (χ2v) is 26.9. The molecule has 83 heavy (non-hydrogen) atoms. The van der Waals surface area contributed by atoms with Crippen LogP contribution in [0.2, 0.25) is 0 Å². The Labute approximate surface area is 513 Å². The fourth-order valence-electron chi connectivity index (χ4n) is 12.4. The van der Waals surface area contributed by atoms with Crippen LogP contribution in [-0.4, -0.2) is 95.4 Å². The lowest BCUT2D eigenvalue weighted by atomic mass is 9.99. The predicted molar refractivity (Wildman–Crippen MR) is 347 cm³/mol. The smallest absolute Gasteiger partial charge is 0.394 e. The van der Waals surface area contributed by atoms with Crippen molar-refractivity contribution in [3.05, 3.63) is 0 Å². The van der Waals surface area contributed by atoms with Gasteiger partial charge in [0, 0.05) is 6.42 Å². The van der Waals surface area contributed by atoms with Gasteiger partial charge in [-0.2, -0.15) is 8.42 Å². The van der Waals surface area contributed by atoms with Gasteiger partial charge in [-0.15, -0.1) is 0 Å². The van der Waals surface area contributed by atoms with Crippen LogP contribution in [0.15, 0.2) is 0 Å². The van der Waals surface area contributed by atoms with Crippen molar-refractivity contribution in [2.75, 3.05) is 13.2 Å². The number of carbonyl (C=O) groups excluding carboxylic acids is 1. The normalized spacial score (nSPS) is 18.3. The van der Waals surface area contributed by atoms with Gasteiger partial charge in [-0.3, -0.25) is 9.35 Å². The minimum Gasteiger partial charge on any atom is -0.394 e. The van der Waals surface area contributed by atoms with Gasteiger partial charge in [0.05, 0.1) is 25.4 Å². The summed E-state index contributed by atoms with van der Waals surface area (Å²) < 4.78 is 48.2. The molecule has 0 aromatic rings. The zero-order valence-electron chi connectivity index (χ0n) is 54.6. The summed E-state index contributed by atoms with van der Waals surface area (Å²) in [6.07, 6.45) is 65.8.